The van der Waals surface area contributed by atoms with Gasteiger partial charge in [0.1, 0.15) is 10.8 Å². The van der Waals surface area contributed by atoms with Gasteiger partial charge in [0.25, 0.3) is 0 Å². The molecule has 2 aromatic rings. The van der Waals surface area contributed by atoms with E-state index >= 15 is 0 Å². The topological polar surface area (TPSA) is 55.0 Å². The highest BCUT2D eigenvalue weighted by atomic mass is 32.1. The van der Waals surface area contributed by atoms with Gasteiger partial charge in [-0.25, -0.2) is 4.98 Å². The summed E-state index contributed by atoms with van der Waals surface area (Å²) in [6.07, 6.45) is 5.20. The molecule has 2 N–H and O–H groups in total. The molecule has 0 atom stereocenters. The van der Waals surface area contributed by atoms with Crippen LogP contribution in [-0.4, -0.2) is 22.0 Å². The summed E-state index contributed by atoms with van der Waals surface area (Å²) in [7, 11) is 1.90. The lowest BCUT2D eigenvalue weighted by Gasteiger charge is -2.20. The zero-order valence-electron chi connectivity index (χ0n) is 9.37. The van der Waals surface area contributed by atoms with E-state index in [0.29, 0.717) is 4.99 Å². The second-order valence-electron chi connectivity index (χ2n) is 3.51. The molecule has 0 saturated carbocycles. The van der Waals surface area contributed by atoms with Gasteiger partial charge in [-0.2, -0.15) is 0 Å². The summed E-state index contributed by atoms with van der Waals surface area (Å²) in [5, 5.41) is 0. The van der Waals surface area contributed by atoms with Crippen molar-refractivity contribution in [1.82, 2.24) is 9.97 Å². The Hall–Kier alpha value is -2.01. The van der Waals surface area contributed by atoms with E-state index in [-0.39, 0.29) is 0 Å². The molecule has 17 heavy (non-hydrogen) atoms. The van der Waals surface area contributed by atoms with E-state index in [2.05, 4.69) is 9.97 Å². The van der Waals surface area contributed by atoms with Crippen LogP contribution in [0.2, 0.25) is 0 Å². The molecule has 0 radical (unpaired) electrons. The minimum Gasteiger partial charge on any atom is -0.389 e. The Bertz CT molecular complexity index is 527. The summed E-state index contributed by atoms with van der Waals surface area (Å²) in [5.41, 5.74) is 7.37. The molecule has 0 aliphatic carbocycles. The maximum Gasteiger partial charge on any atom is 0.142 e. The summed E-state index contributed by atoms with van der Waals surface area (Å²) in [6, 6.07) is 7.49. The number of thiocarbonyl (C=S) groups is 1. The largest absolute Gasteiger partial charge is 0.389 e. The second kappa shape index (κ2) is 4.88. The Morgan fingerprint density at radius 3 is 2.71 bits per heavy atom. The van der Waals surface area contributed by atoms with Crippen LogP contribution in [0.25, 0.3) is 0 Å². The molecule has 2 aromatic heterocycles. The highest BCUT2D eigenvalue weighted by molar-refractivity contribution is 7.80. The van der Waals surface area contributed by atoms with Crippen LogP contribution in [-0.2, 0) is 0 Å². The predicted octanol–water partition coefficient (Wildman–Crippen LogP) is 1.88. The number of aromatic nitrogens is 2. The van der Waals surface area contributed by atoms with Crippen LogP contribution < -0.4 is 10.6 Å². The third kappa shape index (κ3) is 2.39. The van der Waals surface area contributed by atoms with Gasteiger partial charge in [0.15, 0.2) is 0 Å². The maximum absolute atomic E-state index is 5.68. The third-order valence-corrected chi connectivity index (χ3v) is 2.62. The van der Waals surface area contributed by atoms with Crippen LogP contribution in [0.5, 0.6) is 0 Å². The Labute approximate surface area is 105 Å². The first kappa shape index (κ1) is 11.5. The Balaban J connectivity index is 2.44. The number of hydrogen-bond donors (Lipinski definition) is 1. The summed E-state index contributed by atoms with van der Waals surface area (Å²) in [5.74, 6) is 0.730. The van der Waals surface area contributed by atoms with Crippen LogP contribution in [0.3, 0.4) is 0 Å². The smallest absolute Gasteiger partial charge is 0.142 e. The molecule has 0 aliphatic rings. The van der Waals surface area contributed by atoms with Crippen molar-refractivity contribution < 1.29 is 0 Å². The zero-order valence-corrected chi connectivity index (χ0v) is 10.2. The second-order valence-corrected chi connectivity index (χ2v) is 3.95. The minimum absolute atomic E-state index is 0.337. The van der Waals surface area contributed by atoms with E-state index < -0.39 is 0 Å². The number of pyridine rings is 2. The first-order chi connectivity index (χ1) is 8.20. The van der Waals surface area contributed by atoms with Crippen molar-refractivity contribution in [2.45, 2.75) is 0 Å². The molecule has 0 aromatic carbocycles. The van der Waals surface area contributed by atoms with Gasteiger partial charge in [-0.15, -0.1) is 0 Å². The maximum atomic E-state index is 5.68. The van der Waals surface area contributed by atoms with E-state index in [0.717, 1.165) is 17.1 Å². The Morgan fingerprint density at radius 2 is 2.06 bits per heavy atom. The van der Waals surface area contributed by atoms with Crippen molar-refractivity contribution in [3.8, 4) is 0 Å². The fraction of sp³-hybridized carbons (Fsp3) is 0.0833. The lowest BCUT2D eigenvalue weighted by molar-refractivity contribution is 1.11. The van der Waals surface area contributed by atoms with E-state index in [1.54, 1.807) is 18.6 Å². The lowest BCUT2D eigenvalue weighted by Crippen LogP contribution is -2.19. The van der Waals surface area contributed by atoms with Gasteiger partial charge in [0, 0.05) is 19.4 Å². The standard InChI is InChI=1S/C12H12N4S/c1-16(9-4-2-6-14-8-9)12-10(11(13)17)5-3-7-15-12/h2-8H,1H3,(H2,13,17). The number of rotatable bonds is 3. The number of anilines is 2. The molecule has 0 saturated heterocycles. The number of hydrogen-bond acceptors (Lipinski definition) is 4. The first-order valence-electron chi connectivity index (χ1n) is 5.08. The van der Waals surface area contributed by atoms with E-state index in [1.807, 2.05) is 36.2 Å². The molecule has 0 bridgehead atoms. The normalized spacial score (nSPS) is 9.94. The van der Waals surface area contributed by atoms with E-state index in [4.69, 9.17) is 18.0 Å². The number of nitrogens with zero attached hydrogens (tertiary/aromatic N) is 3. The van der Waals surface area contributed by atoms with Gasteiger partial charge >= 0.3 is 0 Å². The van der Waals surface area contributed by atoms with Crippen LogP contribution in [0.1, 0.15) is 5.56 Å². The molecule has 4 nitrogen and oxygen atoms in total. The van der Waals surface area contributed by atoms with Crippen LogP contribution in [0.15, 0.2) is 42.9 Å². The molecule has 0 aliphatic heterocycles. The van der Waals surface area contributed by atoms with Crippen molar-refractivity contribution in [2.75, 3.05) is 11.9 Å². The van der Waals surface area contributed by atoms with Gasteiger partial charge in [-0.05, 0) is 24.3 Å². The Kier molecular flexibility index (Phi) is 3.30. The monoisotopic (exact) mass is 244 g/mol. The summed E-state index contributed by atoms with van der Waals surface area (Å²) >= 11 is 5.01. The SMILES string of the molecule is CN(c1cccnc1)c1ncccc1C(N)=S. The van der Waals surface area contributed by atoms with Gasteiger partial charge < -0.3 is 10.6 Å². The predicted molar refractivity (Wildman–Crippen MR) is 72.4 cm³/mol. The summed E-state index contributed by atoms with van der Waals surface area (Å²) in [4.78, 5) is 10.6. The highest BCUT2D eigenvalue weighted by Gasteiger charge is 2.11. The van der Waals surface area contributed by atoms with Crippen molar-refractivity contribution >= 4 is 28.7 Å². The fourth-order valence-electron chi connectivity index (χ4n) is 1.53. The van der Waals surface area contributed by atoms with Crippen molar-refractivity contribution in [2.24, 2.45) is 5.73 Å². The third-order valence-electron chi connectivity index (χ3n) is 2.40. The zero-order chi connectivity index (χ0) is 12.3. The average Bonchev–Trinajstić information content (AvgIpc) is 2.39. The summed E-state index contributed by atoms with van der Waals surface area (Å²) in [6.45, 7) is 0. The van der Waals surface area contributed by atoms with Gasteiger partial charge in [-0.1, -0.05) is 12.2 Å². The molecule has 86 valence electrons. The Morgan fingerprint density at radius 1 is 1.29 bits per heavy atom. The van der Waals surface area contributed by atoms with Crippen LogP contribution in [0.4, 0.5) is 11.5 Å². The highest BCUT2D eigenvalue weighted by Crippen LogP contribution is 2.23. The van der Waals surface area contributed by atoms with Crippen molar-refractivity contribution in [3.63, 3.8) is 0 Å². The molecule has 5 heteroatoms. The molecule has 0 unspecified atom stereocenters. The lowest BCUT2D eigenvalue weighted by atomic mass is 10.2. The fourth-order valence-corrected chi connectivity index (χ4v) is 1.69. The molecule has 2 rings (SSSR count). The minimum atomic E-state index is 0.337. The van der Waals surface area contributed by atoms with Crippen LogP contribution in [0, 0.1) is 0 Å². The molecular weight excluding hydrogens is 232 g/mol. The van der Waals surface area contributed by atoms with Crippen molar-refractivity contribution in [1.29, 1.82) is 0 Å². The van der Waals surface area contributed by atoms with Crippen molar-refractivity contribution in [3.05, 3.63) is 48.4 Å². The average molecular weight is 244 g/mol. The van der Waals surface area contributed by atoms with Gasteiger partial charge in [-0.3, -0.25) is 4.98 Å². The molecule has 0 spiro atoms. The van der Waals surface area contributed by atoms with Gasteiger partial charge in [0.05, 0.1) is 17.4 Å². The van der Waals surface area contributed by atoms with Crippen LogP contribution >= 0.6 is 12.2 Å². The quantitative estimate of drug-likeness (QED) is 0.835. The molecule has 0 fully saturated rings. The number of nitrogens with two attached hydrogens (primary N) is 1. The van der Waals surface area contributed by atoms with Gasteiger partial charge in [0.2, 0.25) is 0 Å². The molecule has 0 amide bonds. The van der Waals surface area contributed by atoms with E-state index in [9.17, 15) is 0 Å². The summed E-state index contributed by atoms with van der Waals surface area (Å²) < 4.78 is 0. The first-order valence-corrected chi connectivity index (χ1v) is 5.49. The van der Waals surface area contributed by atoms with E-state index in [1.165, 1.54) is 0 Å². The molecular formula is C12H12N4S. The molecule has 2 heterocycles.